The van der Waals surface area contributed by atoms with Gasteiger partial charge in [-0.2, -0.15) is 5.01 Å². The lowest BCUT2D eigenvalue weighted by atomic mass is 9.53. The van der Waals surface area contributed by atoms with Gasteiger partial charge in [0.25, 0.3) is 11.8 Å². The predicted molar refractivity (Wildman–Crippen MR) is 183 cm³/mol. The number of aryl methyl sites for hydroxylation is 1. The second-order valence-electron chi connectivity index (χ2n) is 12.5. The highest BCUT2D eigenvalue weighted by molar-refractivity contribution is 9.10. The first-order valence-electron chi connectivity index (χ1n) is 15.7. The lowest BCUT2D eigenvalue weighted by Crippen LogP contribution is -2.53. The Kier molecular flexibility index (Phi) is 6.92. The highest BCUT2D eigenvalue weighted by Crippen LogP contribution is 2.62. The molecule has 8 rings (SSSR count). The zero-order valence-corrected chi connectivity index (χ0v) is 27.4. The Labute approximate surface area is 283 Å². The number of anilines is 1. The number of carbonyl (C=O) groups excluding carboxylic acids is 2. The molecule has 4 atom stereocenters. The number of para-hydroxylation sites is 1. The molecule has 1 saturated carbocycles. The van der Waals surface area contributed by atoms with Crippen LogP contribution in [0.3, 0.4) is 0 Å². The SMILES string of the molecule is Cc1ccc(NN2C(=O)[C@@H]3C[C@@H]4C(=CCn5c(=O)n(-c6ccccc6)c(=O)n54)[C@H](c4cc(Br)ccc4O)[C@]3(c3ccccc3)C2=O)cc1. The van der Waals surface area contributed by atoms with E-state index < -0.39 is 46.5 Å². The quantitative estimate of drug-likeness (QED) is 0.192. The number of benzene rings is 4. The highest BCUT2D eigenvalue weighted by atomic mass is 79.9. The summed E-state index contributed by atoms with van der Waals surface area (Å²) in [5.41, 5.74) is 4.27. The Hall–Kier alpha value is -5.42. The molecule has 0 unspecified atom stereocenters. The van der Waals surface area contributed by atoms with Crippen LogP contribution in [-0.4, -0.2) is 35.9 Å². The number of phenolic OH excluding ortho intramolecular Hbond substituents is 1. The minimum atomic E-state index is -1.50. The summed E-state index contributed by atoms with van der Waals surface area (Å²) < 4.78 is 4.62. The van der Waals surface area contributed by atoms with Crippen LogP contribution >= 0.6 is 15.9 Å². The maximum Gasteiger partial charge on any atom is 0.352 e. The van der Waals surface area contributed by atoms with Crippen molar-refractivity contribution in [3.8, 4) is 11.4 Å². The number of aromatic nitrogens is 3. The second kappa shape index (κ2) is 11.1. The molecule has 1 aliphatic carbocycles. The molecule has 0 radical (unpaired) electrons. The molecule has 1 aromatic heterocycles. The fourth-order valence-corrected chi connectivity index (χ4v) is 8.29. The number of imide groups is 1. The van der Waals surface area contributed by atoms with Gasteiger partial charge in [0.15, 0.2) is 0 Å². The maximum absolute atomic E-state index is 15.1. The number of rotatable bonds is 5. The van der Waals surface area contributed by atoms with E-state index in [9.17, 15) is 19.5 Å². The molecule has 48 heavy (non-hydrogen) atoms. The normalized spacial score (nSPS) is 22.9. The summed E-state index contributed by atoms with van der Waals surface area (Å²) in [4.78, 5) is 57.8. The van der Waals surface area contributed by atoms with Gasteiger partial charge in [-0.1, -0.05) is 88.2 Å². The number of phenols is 1. The van der Waals surface area contributed by atoms with Crippen molar-refractivity contribution in [3.63, 3.8) is 0 Å². The van der Waals surface area contributed by atoms with Crippen LogP contribution in [0.4, 0.5) is 5.69 Å². The number of amides is 2. The van der Waals surface area contributed by atoms with E-state index in [2.05, 4.69) is 21.4 Å². The molecule has 11 heteroatoms. The van der Waals surface area contributed by atoms with Crippen molar-refractivity contribution in [3.05, 3.63) is 157 Å². The van der Waals surface area contributed by atoms with E-state index in [1.54, 1.807) is 60.7 Å². The van der Waals surface area contributed by atoms with E-state index in [1.807, 2.05) is 55.5 Å². The number of carbonyl (C=O) groups is 2. The van der Waals surface area contributed by atoms with Crippen molar-refractivity contribution in [2.75, 3.05) is 5.43 Å². The summed E-state index contributed by atoms with van der Waals surface area (Å²) in [6, 6.07) is 29.5. The fraction of sp³-hybridized carbons (Fsp3) is 0.189. The van der Waals surface area contributed by atoms with Crippen LogP contribution < -0.4 is 16.8 Å². The van der Waals surface area contributed by atoms with Crippen molar-refractivity contribution in [1.29, 1.82) is 0 Å². The first-order chi connectivity index (χ1) is 23.2. The Balaban J connectivity index is 1.39. The number of hydrogen-bond donors (Lipinski definition) is 2. The number of fused-ring (bicyclic) bond motifs is 4. The van der Waals surface area contributed by atoms with Gasteiger partial charge >= 0.3 is 11.4 Å². The van der Waals surface area contributed by atoms with E-state index in [0.29, 0.717) is 32.5 Å². The first-order valence-corrected chi connectivity index (χ1v) is 16.5. The third-order valence-corrected chi connectivity index (χ3v) is 10.5. The van der Waals surface area contributed by atoms with Crippen molar-refractivity contribution in [1.82, 2.24) is 18.9 Å². The molecule has 0 spiro atoms. The van der Waals surface area contributed by atoms with Gasteiger partial charge in [0.1, 0.15) is 5.75 Å². The van der Waals surface area contributed by atoms with Gasteiger partial charge in [-0.25, -0.2) is 23.5 Å². The number of aromatic hydroxyl groups is 1. The van der Waals surface area contributed by atoms with Gasteiger partial charge in [-0.05, 0) is 66.9 Å². The average Bonchev–Trinajstić information content (AvgIpc) is 3.48. The molecule has 2 aliphatic heterocycles. The van der Waals surface area contributed by atoms with Crippen molar-refractivity contribution in [2.45, 2.75) is 37.3 Å². The van der Waals surface area contributed by atoms with Crippen LogP contribution in [0.1, 0.15) is 35.1 Å². The van der Waals surface area contributed by atoms with Gasteiger partial charge in [0.05, 0.1) is 35.3 Å². The molecule has 240 valence electrons. The lowest BCUT2D eigenvalue weighted by molar-refractivity contribution is -0.138. The Bertz CT molecular complexity index is 2260. The Morgan fingerprint density at radius 2 is 1.54 bits per heavy atom. The molecule has 5 aromatic rings. The van der Waals surface area contributed by atoms with Gasteiger partial charge < -0.3 is 5.11 Å². The summed E-state index contributed by atoms with van der Waals surface area (Å²) in [6.45, 7) is 2.01. The fourth-order valence-electron chi connectivity index (χ4n) is 7.91. The molecule has 0 bridgehead atoms. The minimum absolute atomic E-state index is 0.0545. The molecule has 4 aromatic carbocycles. The van der Waals surface area contributed by atoms with Gasteiger partial charge in [0.2, 0.25) is 0 Å². The summed E-state index contributed by atoms with van der Waals surface area (Å²) in [6.07, 6.45) is 1.95. The van der Waals surface area contributed by atoms with Gasteiger partial charge in [-0.15, -0.1) is 0 Å². The van der Waals surface area contributed by atoms with Crippen LogP contribution in [0.15, 0.2) is 129 Å². The van der Waals surface area contributed by atoms with Crippen LogP contribution in [0.25, 0.3) is 5.69 Å². The highest BCUT2D eigenvalue weighted by Gasteiger charge is 2.69. The van der Waals surface area contributed by atoms with Crippen LogP contribution in [0, 0.1) is 12.8 Å². The molecular formula is C37H30BrN5O5. The number of hydrazine groups is 1. The molecule has 2 N–H and O–H groups in total. The third-order valence-electron chi connectivity index (χ3n) is 9.97. The minimum Gasteiger partial charge on any atom is -0.508 e. The van der Waals surface area contributed by atoms with E-state index in [-0.39, 0.29) is 18.7 Å². The smallest absolute Gasteiger partial charge is 0.352 e. The van der Waals surface area contributed by atoms with Crippen molar-refractivity contribution < 1.29 is 14.7 Å². The topological polar surface area (TPSA) is 119 Å². The molecule has 3 aliphatic rings. The standard InChI is InChI=1S/C37H30BrN5O5/c1-22-12-15-25(16-13-22)39-42-33(45)29-21-30-27(18-19-40-35(47)41(36(48)43(30)40)26-10-6-3-7-11-26)32(28-20-24(38)14-17-31(28)44)37(29,34(42)46)23-8-4-2-5-9-23/h2-18,20,29-30,32,39,44H,19,21H2,1H3/t29-,30+,32+,37+/m0/s1. The number of nitrogens with one attached hydrogen (secondary N) is 1. The zero-order valence-electron chi connectivity index (χ0n) is 25.8. The summed E-state index contributed by atoms with van der Waals surface area (Å²) >= 11 is 3.55. The molecule has 2 amide bonds. The molecular weight excluding hydrogens is 674 g/mol. The third kappa shape index (κ3) is 4.23. The summed E-state index contributed by atoms with van der Waals surface area (Å²) in [5.74, 6) is -2.83. The van der Waals surface area contributed by atoms with E-state index in [0.717, 1.165) is 15.1 Å². The van der Waals surface area contributed by atoms with Crippen LogP contribution in [0.5, 0.6) is 5.75 Å². The number of nitrogens with zero attached hydrogens (tertiary/aromatic N) is 4. The van der Waals surface area contributed by atoms with Gasteiger partial charge in [-0.3, -0.25) is 15.0 Å². The number of halogens is 1. The maximum atomic E-state index is 15.1. The Morgan fingerprint density at radius 1 is 0.854 bits per heavy atom. The zero-order chi connectivity index (χ0) is 33.3. The second-order valence-corrected chi connectivity index (χ2v) is 13.4. The predicted octanol–water partition coefficient (Wildman–Crippen LogP) is 5.20. The van der Waals surface area contributed by atoms with E-state index >= 15 is 4.79 Å². The van der Waals surface area contributed by atoms with E-state index in [4.69, 9.17) is 0 Å². The number of allylic oxidation sites excluding steroid dienone is 2. The summed E-state index contributed by atoms with van der Waals surface area (Å²) in [5, 5.41) is 12.6. The Morgan fingerprint density at radius 3 is 2.25 bits per heavy atom. The molecule has 2 fully saturated rings. The molecule has 10 nitrogen and oxygen atoms in total. The molecule has 1 saturated heterocycles. The van der Waals surface area contributed by atoms with Crippen molar-refractivity contribution in [2.24, 2.45) is 5.92 Å². The van der Waals surface area contributed by atoms with Crippen LogP contribution in [0.2, 0.25) is 0 Å². The van der Waals surface area contributed by atoms with Gasteiger partial charge in [0, 0.05) is 16.0 Å². The first kappa shape index (κ1) is 29.9. The monoisotopic (exact) mass is 703 g/mol. The molecule has 3 heterocycles. The van der Waals surface area contributed by atoms with E-state index in [1.165, 1.54) is 9.36 Å². The average molecular weight is 705 g/mol. The largest absolute Gasteiger partial charge is 0.508 e. The van der Waals surface area contributed by atoms with Crippen molar-refractivity contribution >= 4 is 33.4 Å². The summed E-state index contributed by atoms with van der Waals surface area (Å²) in [7, 11) is 0. The van der Waals surface area contributed by atoms with Crippen LogP contribution in [-0.2, 0) is 21.5 Å². The number of hydrogen-bond acceptors (Lipinski definition) is 6. The lowest BCUT2D eigenvalue weighted by Gasteiger charge is -2.49.